The summed E-state index contributed by atoms with van der Waals surface area (Å²) in [5.41, 5.74) is 1.86. The van der Waals surface area contributed by atoms with E-state index in [1.165, 1.54) is 0 Å². The Kier molecular flexibility index (Phi) is 2.49. The molecule has 2 heterocycles. The molecule has 4 heteroatoms. The van der Waals surface area contributed by atoms with E-state index in [1.807, 2.05) is 6.33 Å². The molecule has 0 aromatic heterocycles. The van der Waals surface area contributed by atoms with Crippen LogP contribution in [0.4, 0.5) is 0 Å². The van der Waals surface area contributed by atoms with Crippen molar-refractivity contribution in [1.29, 1.82) is 0 Å². The maximum Gasteiger partial charge on any atom is 0.163 e. The number of aromatic nitrogens is 4. The van der Waals surface area contributed by atoms with E-state index in [2.05, 4.69) is 61.1 Å². The molecule has 0 aromatic carbocycles. The van der Waals surface area contributed by atoms with Crippen LogP contribution in [0.2, 0.25) is 0 Å². The highest BCUT2D eigenvalue weighted by Gasteiger charge is 2.28. The number of imidazole rings is 1. The summed E-state index contributed by atoms with van der Waals surface area (Å²) >= 11 is 0. The Hall–Kier alpha value is -1.45. The zero-order chi connectivity index (χ0) is 12.8. The summed E-state index contributed by atoms with van der Waals surface area (Å²) in [4.78, 5) is 13.3. The quantitative estimate of drug-likeness (QED) is 0.701. The fourth-order valence-electron chi connectivity index (χ4n) is 1.87. The summed E-state index contributed by atoms with van der Waals surface area (Å²) < 4.78 is 2.07. The highest BCUT2D eigenvalue weighted by Crippen LogP contribution is 2.32. The van der Waals surface area contributed by atoms with Crippen LogP contribution in [0.5, 0.6) is 0 Å². The maximum atomic E-state index is 4.58. The Morgan fingerprint density at radius 1 is 0.941 bits per heavy atom. The second-order valence-corrected chi connectivity index (χ2v) is 6.43. The molecule has 0 fully saturated rings. The molecule has 2 aliphatic rings. The Balaban J connectivity index is 2.69. The van der Waals surface area contributed by atoms with Gasteiger partial charge in [0.1, 0.15) is 12.0 Å². The number of hydrogen-bond donors (Lipinski definition) is 0. The summed E-state index contributed by atoms with van der Waals surface area (Å²) in [5.74, 6) is 0.914. The third kappa shape index (κ3) is 2.04. The van der Waals surface area contributed by atoms with Gasteiger partial charge in [-0.3, -0.25) is 0 Å². The Labute approximate surface area is 102 Å². The monoisotopic (exact) mass is 232 g/mol. The van der Waals surface area contributed by atoms with E-state index in [9.17, 15) is 0 Å². The van der Waals surface area contributed by atoms with Gasteiger partial charge in [0.05, 0.1) is 12.0 Å². The van der Waals surface area contributed by atoms with Gasteiger partial charge in [0.2, 0.25) is 0 Å². The van der Waals surface area contributed by atoms with Crippen LogP contribution < -0.4 is 0 Å². The van der Waals surface area contributed by atoms with E-state index in [0.29, 0.717) is 0 Å². The van der Waals surface area contributed by atoms with Crippen LogP contribution in [-0.2, 0) is 11.0 Å². The van der Waals surface area contributed by atoms with E-state index >= 15 is 0 Å². The van der Waals surface area contributed by atoms with Crippen LogP contribution in [0.25, 0.3) is 11.5 Å². The summed E-state index contributed by atoms with van der Waals surface area (Å²) in [6, 6.07) is 0. The normalized spacial score (nSPS) is 13.3. The molecule has 0 amide bonds. The molecule has 92 valence electrons. The van der Waals surface area contributed by atoms with Gasteiger partial charge in [-0.15, -0.1) is 0 Å². The first-order chi connectivity index (χ1) is 7.71. The van der Waals surface area contributed by atoms with Crippen molar-refractivity contribution in [3.63, 3.8) is 0 Å². The molecule has 0 radical (unpaired) electrons. The van der Waals surface area contributed by atoms with Gasteiger partial charge in [-0.1, -0.05) is 20.8 Å². The number of nitrogens with zero attached hydrogens (tertiary/aromatic N) is 4. The minimum absolute atomic E-state index is 0.0156. The van der Waals surface area contributed by atoms with Gasteiger partial charge in [-0.25, -0.2) is 15.0 Å². The lowest BCUT2D eigenvalue weighted by Gasteiger charge is -2.28. The van der Waals surface area contributed by atoms with Crippen molar-refractivity contribution in [1.82, 2.24) is 19.5 Å². The van der Waals surface area contributed by atoms with Crippen LogP contribution in [0, 0.1) is 0 Å². The number of hydrogen-bond acceptors (Lipinski definition) is 3. The van der Waals surface area contributed by atoms with Gasteiger partial charge in [0.15, 0.2) is 5.82 Å². The van der Waals surface area contributed by atoms with Crippen molar-refractivity contribution in [3.05, 3.63) is 18.3 Å². The van der Waals surface area contributed by atoms with E-state index in [1.54, 1.807) is 6.33 Å². The van der Waals surface area contributed by atoms with Crippen molar-refractivity contribution >= 4 is 0 Å². The second-order valence-electron chi connectivity index (χ2n) is 6.43. The third-order valence-electron chi connectivity index (χ3n) is 2.77. The highest BCUT2D eigenvalue weighted by molar-refractivity contribution is 5.56. The van der Waals surface area contributed by atoms with Gasteiger partial charge >= 0.3 is 0 Å². The molecule has 17 heavy (non-hydrogen) atoms. The molecule has 0 saturated carbocycles. The minimum atomic E-state index is -0.0370. The largest absolute Gasteiger partial charge is 0.310 e. The van der Waals surface area contributed by atoms with E-state index < -0.39 is 0 Å². The first-order valence-corrected chi connectivity index (χ1v) is 5.90. The van der Waals surface area contributed by atoms with Crippen LogP contribution in [-0.4, -0.2) is 19.5 Å². The van der Waals surface area contributed by atoms with Crippen molar-refractivity contribution in [2.75, 3.05) is 0 Å². The molecule has 0 atom stereocenters. The van der Waals surface area contributed by atoms with Crippen molar-refractivity contribution in [2.24, 2.45) is 0 Å². The molecule has 0 unspecified atom stereocenters. The average Bonchev–Trinajstić information content (AvgIpc) is 2.60. The molecule has 0 bridgehead atoms. The van der Waals surface area contributed by atoms with Gasteiger partial charge in [-0.2, -0.15) is 0 Å². The van der Waals surface area contributed by atoms with Crippen LogP contribution in [0.15, 0.2) is 12.7 Å². The SMILES string of the molecule is CC(C)(C)c1ncn(C(C)(C)C)c2ncnc1-2. The first kappa shape index (κ1) is 12.0. The van der Waals surface area contributed by atoms with Crippen molar-refractivity contribution < 1.29 is 0 Å². The molecule has 0 N–H and O–H groups in total. The van der Waals surface area contributed by atoms with E-state index in [0.717, 1.165) is 17.2 Å². The average molecular weight is 232 g/mol. The topological polar surface area (TPSA) is 43.6 Å². The summed E-state index contributed by atoms with van der Waals surface area (Å²) in [6.45, 7) is 12.8. The molecule has 4 nitrogen and oxygen atoms in total. The predicted octanol–water partition coefficient (Wildman–Crippen LogP) is 2.83. The fraction of sp³-hybridized carbons (Fsp3) is 0.615. The Bertz CT molecular complexity index is 454. The van der Waals surface area contributed by atoms with Gasteiger partial charge in [0.25, 0.3) is 0 Å². The molecule has 0 saturated heterocycles. The highest BCUT2D eigenvalue weighted by atomic mass is 15.2. The summed E-state index contributed by atoms with van der Waals surface area (Å²) in [5, 5.41) is 0. The Morgan fingerprint density at radius 2 is 1.59 bits per heavy atom. The van der Waals surface area contributed by atoms with Gasteiger partial charge < -0.3 is 4.57 Å². The first-order valence-electron chi connectivity index (χ1n) is 5.90. The smallest absolute Gasteiger partial charge is 0.163 e. The van der Waals surface area contributed by atoms with E-state index in [4.69, 9.17) is 0 Å². The Morgan fingerprint density at radius 3 is 2.12 bits per heavy atom. The molecule has 0 aromatic rings. The fourth-order valence-corrected chi connectivity index (χ4v) is 1.87. The lowest BCUT2D eigenvalue weighted by atomic mass is 9.90. The third-order valence-corrected chi connectivity index (χ3v) is 2.77. The van der Waals surface area contributed by atoms with Gasteiger partial charge in [-0.05, 0) is 20.8 Å². The molecule has 0 spiro atoms. The predicted molar refractivity (Wildman–Crippen MR) is 68.1 cm³/mol. The molecule has 2 rings (SSSR count). The molecule has 2 aliphatic heterocycles. The van der Waals surface area contributed by atoms with Crippen LogP contribution >= 0.6 is 0 Å². The zero-order valence-corrected chi connectivity index (χ0v) is 11.4. The van der Waals surface area contributed by atoms with E-state index in [-0.39, 0.29) is 11.0 Å². The van der Waals surface area contributed by atoms with Gasteiger partial charge in [0, 0.05) is 11.0 Å². The molecular formula is C13H20N4. The summed E-state index contributed by atoms with van der Waals surface area (Å²) in [7, 11) is 0. The second kappa shape index (κ2) is 3.52. The van der Waals surface area contributed by atoms with Crippen LogP contribution in [0.3, 0.4) is 0 Å². The number of rotatable bonds is 0. The lowest BCUT2D eigenvalue weighted by molar-refractivity contribution is 0.387. The standard InChI is InChI=1S/C13H20N4/c1-12(2,3)10-9-11(15-7-14-9)17(8-16-10)13(4,5)6/h7-8H,1-6H3. The number of fused-ring (bicyclic) bond motifs is 1. The maximum absolute atomic E-state index is 4.58. The van der Waals surface area contributed by atoms with Crippen molar-refractivity contribution in [3.8, 4) is 11.5 Å². The molecule has 0 aliphatic carbocycles. The molecular weight excluding hydrogens is 212 g/mol. The van der Waals surface area contributed by atoms with Crippen LogP contribution in [0.1, 0.15) is 47.2 Å². The lowest BCUT2D eigenvalue weighted by Crippen LogP contribution is -2.27. The van der Waals surface area contributed by atoms with Crippen molar-refractivity contribution in [2.45, 2.75) is 52.5 Å². The summed E-state index contributed by atoms with van der Waals surface area (Å²) in [6.07, 6.45) is 3.49. The minimum Gasteiger partial charge on any atom is -0.310 e. The zero-order valence-electron chi connectivity index (χ0n) is 11.4.